The van der Waals surface area contributed by atoms with Gasteiger partial charge in [-0.25, -0.2) is 12.2 Å². The van der Waals surface area contributed by atoms with Crippen LogP contribution in [0.5, 0.6) is 0 Å². The fourth-order valence-corrected chi connectivity index (χ4v) is 1.11. The number of allylic oxidation sites excluding steroid dienone is 4. The van der Waals surface area contributed by atoms with Crippen LogP contribution in [-0.4, -0.2) is 0 Å². The van der Waals surface area contributed by atoms with E-state index in [2.05, 4.69) is 38.1 Å². The number of hydrogen-bond donors (Lipinski definition) is 0. The average molecular weight is 378 g/mol. The van der Waals surface area contributed by atoms with Gasteiger partial charge in [-0.1, -0.05) is 13.8 Å². The summed E-state index contributed by atoms with van der Waals surface area (Å²) in [5, 5.41) is 0. The van der Waals surface area contributed by atoms with E-state index in [1.54, 1.807) is 0 Å². The molecule has 1 aliphatic rings. The molecular weight excluding hydrogens is 347 g/mol. The Morgan fingerprint density at radius 1 is 1.05 bits per heavy atom. The summed E-state index contributed by atoms with van der Waals surface area (Å²) in [6.07, 6.45) is 10.0. The van der Waals surface area contributed by atoms with Crippen molar-refractivity contribution in [1.82, 2.24) is 0 Å². The van der Waals surface area contributed by atoms with Crippen LogP contribution < -0.4 is 0 Å². The summed E-state index contributed by atoms with van der Waals surface area (Å²) in [5.41, 5.74) is 1.29. The number of halogens is 2. The fourth-order valence-electron chi connectivity index (χ4n) is 1.11. The molecule has 0 heterocycles. The minimum atomic E-state index is -0.556. The van der Waals surface area contributed by atoms with Crippen molar-refractivity contribution in [2.24, 2.45) is 0 Å². The molecule has 0 nitrogen and oxygen atoms in total. The quantitative estimate of drug-likeness (QED) is 0.350. The number of benzene rings is 1. The molecule has 2 rings (SSSR count). The van der Waals surface area contributed by atoms with E-state index in [9.17, 15) is 0 Å². The molecule has 0 saturated heterocycles. The van der Waals surface area contributed by atoms with Gasteiger partial charge in [0.15, 0.2) is 0 Å². The first kappa shape index (κ1) is 37.9. The molecule has 1 aliphatic carbocycles. The van der Waals surface area contributed by atoms with Crippen LogP contribution in [0.2, 0.25) is 0 Å². The second-order valence-corrected chi connectivity index (χ2v) is 6.13. The zero-order valence-electron chi connectivity index (χ0n) is 15.1. The summed E-state index contributed by atoms with van der Waals surface area (Å²) >= 11 is -0.556. The molecule has 0 spiro atoms. The topological polar surface area (TPSA) is 0 Å². The summed E-state index contributed by atoms with van der Waals surface area (Å²) in [6.45, 7) is 4.34. The predicted molar refractivity (Wildman–Crippen MR) is 105 cm³/mol. The van der Waals surface area contributed by atoms with E-state index in [-0.39, 0.29) is 37.1 Å². The maximum atomic E-state index is 4.89. The Hall–Kier alpha value is -0.00571. The molecule has 0 amide bonds. The molecule has 0 saturated carbocycles. The molecule has 0 atom stereocenters. The van der Waals surface area contributed by atoms with Gasteiger partial charge in [-0.2, -0.15) is 42.0 Å². The second kappa shape index (κ2) is 29.1. The van der Waals surface area contributed by atoms with Crippen LogP contribution >= 0.6 is 18.6 Å². The Kier molecular flexibility index (Phi) is 50.1. The van der Waals surface area contributed by atoms with E-state index in [1.165, 1.54) is 5.56 Å². The third-order valence-electron chi connectivity index (χ3n) is 1.94. The maximum absolute atomic E-state index is 4.89. The van der Waals surface area contributed by atoms with Gasteiger partial charge in [-0.15, -0.1) is 6.42 Å². The van der Waals surface area contributed by atoms with E-state index in [1.807, 2.05) is 30.4 Å². The first-order chi connectivity index (χ1) is 8.22. The SMILES string of the molecule is CC(C)c1[c-]cccc1.[C-]1=CC=CC1.[CH3-].[CH3-].[CH3-].[CH3-].[CH3-].[Cl][Ti][Cl]. The van der Waals surface area contributed by atoms with Crippen molar-refractivity contribution >= 4 is 18.6 Å². The summed E-state index contributed by atoms with van der Waals surface area (Å²) in [7, 11) is 9.78. The van der Waals surface area contributed by atoms with Crippen LogP contribution in [0.4, 0.5) is 0 Å². The molecule has 1 aromatic carbocycles. The summed E-state index contributed by atoms with van der Waals surface area (Å²) in [4.78, 5) is 0. The van der Waals surface area contributed by atoms with Crippen molar-refractivity contribution < 1.29 is 17.0 Å². The van der Waals surface area contributed by atoms with Gasteiger partial charge in [0.1, 0.15) is 0 Å². The van der Waals surface area contributed by atoms with E-state index >= 15 is 0 Å². The molecule has 0 aromatic heterocycles. The third kappa shape index (κ3) is 25.0. The molecule has 22 heavy (non-hydrogen) atoms. The van der Waals surface area contributed by atoms with Gasteiger partial charge in [0.2, 0.25) is 0 Å². The van der Waals surface area contributed by atoms with E-state index in [0.717, 1.165) is 6.42 Å². The van der Waals surface area contributed by atoms with Crippen molar-refractivity contribution in [2.45, 2.75) is 26.2 Å². The Balaban J connectivity index is -0.0000000437. The minimum absolute atomic E-state index is 0. The molecular formula is C19H31Cl2Ti-7. The fraction of sp³-hybridized carbons (Fsp3) is 0.211. The van der Waals surface area contributed by atoms with Gasteiger partial charge in [0.05, 0.1) is 0 Å². The van der Waals surface area contributed by atoms with Gasteiger partial charge in [0, 0.05) is 0 Å². The monoisotopic (exact) mass is 377 g/mol. The van der Waals surface area contributed by atoms with Gasteiger partial charge < -0.3 is 37.1 Å². The van der Waals surface area contributed by atoms with Crippen LogP contribution in [0, 0.1) is 49.3 Å². The zero-order valence-corrected chi connectivity index (χ0v) is 18.2. The normalized spacial score (nSPS) is 8.77. The summed E-state index contributed by atoms with van der Waals surface area (Å²) < 4.78 is 0. The third-order valence-corrected chi connectivity index (χ3v) is 1.94. The van der Waals surface area contributed by atoms with Crippen LogP contribution in [0.25, 0.3) is 0 Å². The van der Waals surface area contributed by atoms with Gasteiger partial charge >= 0.3 is 35.6 Å². The van der Waals surface area contributed by atoms with E-state index in [4.69, 9.17) is 18.6 Å². The first-order valence-corrected chi connectivity index (χ1v) is 9.66. The Bertz CT molecular complexity index is 309. The standard InChI is InChI=1S/C9H11.C5H5.5CH3.2ClH.Ti/c1-8(2)9-6-4-3-5-7-9;1-2-4-5-3-1;;;;;;;;/h3-6,8H,1-2H3;1-3H,4H2;5*1H3;2*1H;/q7*-1;;;+2/p-2. The molecule has 0 radical (unpaired) electrons. The van der Waals surface area contributed by atoms with Gasteiger partial charge in [-0.3, -0.25) is 6.08 Å². The molecule has 0 N–H and O–H groups in total. The Morgan fingerprint density at radius 3 is 1.77 bits per heavy atom. The first-order valence-electron chi connectivity index (χ1n) is 5.37. The molecule has 0 unspecified atom stereocenters. The Morgan fingerprint density at radius 2 is 1.59 bits per heavy atom. The summed E-state index contributed by atoms with van der Waals surface area (Å²) in [6, 6.07) is 11.3. The van der Waals surface area contributed by atoms with Gasteiger partial charge in [0.25, 0.3) is 0 Å². The predicted octanol–water partition coefficient (Wildman–Crippen LogP) is 7.54. The van der Waals surface area contributed by atoms with E-state index in [0.29, 0.717) is 5.92 Å². The van der Waals surface area contributed by atoms with Crippen molar-refractivity contribution in [2.75, 3.05) is 0 Å². The average Bonchev–Trinajstić information content (AvgIpc) is 2.90. The van der Waals surface area contributed by atoms with Crippen LogP contribution in [-0.2, 0) is 17.0 Å². The number of hydrogen-bond acceptors (Lipinski definition) is 0. The number of rotatable bonds is 1. The van der Waals surface area contributed by atoms with Gasteiger partial charge in [-0.05, 0) is 5.92 Å². The Labute approximate surface area is 158 Å². The molecule has 1 aromatic rings. The second-order valence-electron chi connectivity index (χ2n) is 3.55. The summed E-state index contributed by atoms with van der Waals surface area (Å²) in [5.74, 6) is 0.603. The van der Waals surface area contributed by atoms with Crippen LogP contribution in [0.3, 0.4) is 0 Å². The van der Waals surface area contributed by atoms with Crippen molar-refractivity contribution in [3.05, 3.63) is 97.3 Å². The molecule has 0 fully saturated rings. The van der Waals surface area contributed by atoms with Crippen molar-refractivity contribution in [3.63, 3.8) is 0 Å². The van der Waals surface area contributed by atoms with Crippen LogP contribution in [0.1, 0.15) is 31.7 Å². The van der Waals surface area contributed by atoms with E-state index < -0.39 is 17.0 Å². The van der Waals surface area contributed by atoms with Crippen LogP contribution in [0.15, 0.2) is 42.5 Å². The molecule has 3 heteroatoms. The molecule has 132 valence electrons. The van der Waals surface area contributed by atoms with Crippen molar-refractivity contribution in [1.29, 1.82) is 0 Å². The molecule has 0 aliphatic heterocycles. The van der Waals surface area contributed by atoms with Crippen molar-refractivity contribution in [3.8, 4) is 0 Å². The zero-order chi connectivity index (χ0) is 12.9. The molecule has 0 bridgehead atoms.